The summed E-state index contributed by atoms with van der Waals surface area (Å²) in [7, 11) is 0. The summed E-state index contributed by atoms with van der Waals surface area (Å²) >= 11 is 0. The molecule has 0 aromatic carbocycles. The predicted molar refractivity (Wildman–Crippen MR) is 73.4 cm³/mol. The van der Waals surface area contributed by atoms with Crippen molar-refractivity contribution in [1.29, 1.82) is 0 Å². The van der Waals surface area contributed by atoms with Gasteiger partial charge in [-0.05, 0) is 31.8 Å². The Bertz CT molecular complexity index is 197. The fourth-order valence-electron chi connectivity index (χ4n) is 2.46. The van der Waals surface area contributed by atoms with E-state index in [9.17, 15) is 0 Å². The molecule has 0 saturated carbocycles. The number of hydrogen-bond acceptors (Lipinski definition) is 3. The Balaban J connectivity index is 2.44. The minimum atomic E-state index is 0.377. The highest BCUT2D eigenvalue weighted by Gasteiger charge is 2.26. The van der Waals surface area contributed by atoms with Crippen LogP contribution in [-0.4, -0.2) is 49.8 Å². The van der Waals surface area contributed by atoms with Crippen molar-refractivity contribution in [2.45, 2.75) is 52.7 Å². The monoisotopic (exact) mass is 242 g/mol. The molecule has 1 heterocycles. The van der Waals surface area contributed by atoms with Gasteiger partial charge in [0.15, 0.2) is 0 Å². The highest BCUT2D eigenvalue weighted by molar-refractivity contribution is 4.82. The summed E-state index contributed by atoms with van der Waals surface area (Å²) in [6.45, 7) is 14.3. The second-order valence-electron chi connectivity index (χ2n) is 5.44. The first-order valence-corrected chi connectivity index (χ1v) is 7.24. The maximum Gasteiger partial charge on any atom is 0.0855 e. The first kappa shape index (κ1) is 14.9. The Hall–Kier alpha value is -0.120. The normalized spacial score (nSPS) is 24.2. The van der Waals surface area contributed by atoms with Crippen molar-refractivity contribution < 1.29 is 4.74 Å². The SMILES string of the molecule is CCNC(CCC(C)C)C1CN(CC)CCO1. The standard InChI is InChI=1S/C14H30N2O/c1-5-15-13(8-7-12(3)4)14-11-16(6-2)9-10-17-14/h12-15H,5-11H2,1-4H3. The molecule has 0 bridgehead atoms. The van der Waals surface area contributed by atoms with Crippen LogP contribution in [-0.2, 0) is 4.74 Å². The second-order valence-corrected chi connectivity index (χ2v) is 5.44. The molecular formula is C14H30N2O. The fourth-order valence-corrected chi connectivity index (χ4v) is 2.46. The summed E-state index contributed by atoms with van der Waals surface area (Å²) in [5.74, 6) is 0.780. The van der Waals surface area contributed by atoms with Crippen LogP contribution in [0.5, 0.6) is 0 Å². The topological polar surface area (TPSA) is 24.5 Å². The van der Waals surface area contributed by atoms with Gasteiger partial charge in [-0.1, -0.05) is 27.7 Å². The van der Waals surface area contributed by atoms with Gasteiger partial charge in [-0.25, -0.2) is 0 Å². The van der Waals surface area contributed by atoms with Crippen LogP contribution in [0.3, 0.4) is 0 Å². The van der Waals surface area contributed by atoms with Crippen molar-refractivity contribution in [2.24, 2.45) is 5.92 Å². The van der Waals surface area contributed by atoms with Gasteiger partial charge >= 0.3 is 0 Å². The summed E-state index contributed by atoms with van der Waals surface area (Å²) in [5.41, 5.74) is 0. The molecule has 17 heavy (non-hydrogen) atoms. The maximum atomic E-state index is 5.95. The van der Waals surface area contributed by atoms with Gasteiger partial charge in [0.2, 0.25) is 0 Å². The van der Waals surface area contributed by atoms with Crippen LogP contribution < -0.4 is 5.32 Å². The first-order valence-electron chi connectivity index (χ1n) is 7.24. The van der Waals surface area contributed by atoms with Crippen LogP contribution in [0.25, 0.3) is 0 Å². The number of hydrogen-bond donors (Lipinski definition) is 1. The quantitative estimate of drug-likeness (QED) is 0.740. The predicted octanol–water partition coefficient (Wildman–Crippen LogP) is 2.12. The van der Waals surface area contributed by atoms with Gasteiger partial charge in [-0.3, -0.25) is 4.90 Å². The second kappa shape index (κ2) is 8.06. The highest BCUT2D eigenvalue weighted by atomic mass is 16.5. The Labute approximate surface area is 107 Å². The van der Waals surface area contributed by atoms with Gasteiger partial charge in [0, 0.05) is 19.1 Å². The van der Waals surface area contributed by atoms with Crippen molar-refractivity contribution in [2.75, 3.05) is 32.8 Å². The van der Waals surface area contributed by atoms with Crippen LogP contribution in [0.1, 0.15) is 40.5 Å². The largest absolute Gasteiger partial charge is 0.374 e. The lowest BCUT2D eigenvalue weighted by atomic mass is 9.98. The van der Waals surface area contributed by atoms with Crippen molar-refractivity contribution in [1.82, 2.24) is 10.2 Å². The van der Waals surface area contributed by atoms with E-state index in [1.807, 2.05) is 0 Å². The highest BCUT2D eigenvalue weighted by Crippen LogP contribution is 2.15. The van der Waals surface area contributed by atoms with Crippen LogP contribution in [0, 0.1) is 5.92 Å². The number of ether oxygens (including phenoxy) is 1. The zero-order valence-corrected chi connectivity index (χ0v) is 12.0. The van der Waals surface area contributed by atoms with Gasteiger partial charge in [0.1, 0.15) is 0 Å². The fraction of sp³-hybridized carbons (Fsp3) is 1.00. The molecule has 3 heteroatoms. The third-order valence-electron chi connectivity index (χ3n) is 3.59. The van der Waals surface area contributed by atoms with Crippen molar-refractivity contribution in [3.63, 3.8) is 0 Å². The van der Waals surface area contributed by atoms with Crippen LogP contribution in [0.2, 0.25) is 0 Å². The van der Waals surface area contributed by atoms with Crippen molar-refractivity contribution in [3.05, 3.63) is 0 Å². The summed E-state index contributed by atoms with van der Waals surface area (Å²) in [4.78, 5) is 2.49. The molecule has 1 aliphatic heterocycles. The number of nitrogens with one attached hydrogen (secondary N) is 1. The van der Waals surface area contributed by atoms with Gasteiger partial charge in [-0.2, -0.15) is 0 Å². The van der Waals surface area contributed by atoms with Crippen LogP contribution in [0.15, 0.2) is 0 Å². The lowest BCUT2D eigenvalue weighted by Crippen LogP contribution is -2.52. The van der Waals surface area contributed by atoms with Gasteiger partial charge in [-0.15, -0.1) is 0 Å². The molecule has 1 fully saturated rings. The zero-order chi connectivity index (χ0) is 12.7. The Kier molecular flexibility index (Phi) is 7.09. The van der Waals surface area contributed by atoms with Crippen molar-refractivity contribution in [3.8, 4) is 0 Å². The van der Waals surface area contributed by atoms with Crippen molar-refractivity contribution >= 4 is 0 Å². The minimum absolute atomic E-state index is 0.377. The average molecular weight is 242 g/mol. The molecule has 0 radical (unpaired) electrons. The van der Waals surface area contributed by atoms with E-state index >= 15 is 0 Å². The number of likely N-dealkylation sites (N-methyl/N-ethyl adjacent to an activating group) is 2. The maximum absolute atomic E-state index is 5.95. The molecule has 1 saturated heterocycles. The van der Waals surface area contributed by atoms with E-state index in [0.717, 1.165) is 38.7 Å². The lowest BCUT2D eigenvalue weighted by Gasteiger charge is -2.37. The van der Waals surface area contributed by atoms with E-state index in [1.54, 1.807) is 0 Å². The summed E-state index contributed by atoms with van der Waals surface area (Å²) in [6.07, 6.45) is 2.89. The zero-order valence-electron chi connectivity index (χ0n) is 12.0. The van der Waals surface area contributed by atoms with Gasteiger partial charge in [0.05, 0.1) is 12.7 Å². The van der Waals surface area contributed by atoms with Gasteiger partial charge in [0.25, 0.3) is 0 Å². The molecule has 1 N–H and O–H groups in total. The van der Waals surface area contributed by atoms with E-state index in [4.69, 9.17) is 4.74 Å². The number of nitrogens with zero attached hydrogens (tertiary/aromatic N) is 1. The van der Waals surface area contributed by atoms with Gasteiger partial charge < -0.3 is 10.1 Å². The number of rotatable bonds is 7. The van der Waals surface area contributed by atoms with E-state index in [0.29, 0.717) is 12.1 Å². The Morgan fingerprint density at radius 1 is 1.29 bits per heavy atom. The molecular weight excluding hydrogens is 212 g/mol. The van der Waals surface area contributed by atoms with E-state index in [-0.39, 0.29) is 0 Å². The number of morpholine rings is 1. The van der Waals surface area contributed by atoms with E-state index < -0.39 is 0 Å². The van der Waals surface area contributed by atoms with Crippen LogP contribution >= 0.6 is 0 Å². The molecule has 0 amide bonds. The Morgan fingerprint density at radius 2 is 2.06 bits per heavy atom. The minimum Gasteiger partial charge on any atom is -0.374 e. The average Bonchev–Trinajstić information content (AvgIpc) is 2.34. The molecule has 1 aliphatic rings. The molecule has 0 aromatic rings. The molecule has 0 spiro atoms. The molecule has 102 valence electrons. The summed E-state index contributed by atoms with van der Waals surface area (Å²) in [5, 5.41) is 3.60. The third kappa shape index (κ3) is 5.36. The van der Waals surface area contributed by atoms with E-state index in [2.05, 4.69) is 37.9 Å². The molecule has 2 unspecified atom stereocenters. The molecule has 2 atom stereocenters. The molecule has 0 aliphatic carbocycles. The molecule has 0 aromatic heterocycles. The summed E-state index contributed by atoms with van der Waals surface area (Å²) in [6, 6.07) is 0.525. The lowest BCUT2D eigenvalue weighted by molar-refractivity contribution is -0.0465. The van der Waals surface area contributed by atoms with Crippen LogP contribution in [0.4, 0.5) is 0 Å². The van der Waals surface area contributed by atoms with E-state index in [1.165, 1.54) is 12.8 Å². The first-order chi connectivity index (χ1) is 8.17. The molecule has 1 rings (SSSR count). The summed E-state index contributed by atoms with van der Waals surface area (Å²) < 4.78 is 5.95. The molecule has 3 nitrogen and oxygen atoms in total. The third-order valence-corrected chi connectivity index (χ3v) is 3.59. The Morgan fingerprint density at radius 3 is 2.65 bits per heavy atom. The smallest absolute Gasteiger partial charge is 0.0855 e.